The van der Waals surface area contributed by atoms with Gasteiger partial charge in [0.25, 0.3) is 0 Å². The Labute approximate surface area is 174 Å². The summed E-state index contributed by atoms with van der Waals surface area (Å²) >= 11 is 0. The van der Waals surface area contributed by atoms with E-state index in [1.165, 1.54) is 6.07 Å². The predicted molar refractivity (Wildman–Crippen MR) is 98.6 cm³/mol. The molecule has 2 aromatic carbocycles. The topological polar surface area (TPSA) is 18.5 Å². The quantitative estimate of drug-likeness (QED) is 0.261. The molecule has 1 saturated carbocycles. The van der Waals surface area contributed by atoms with Crippen molar-refractivity contribution in [2.24, 2.45) is 5.92 Å². The van der Waals surface area contributed by atoms with Gasteiger partial charge in [-0.05, 0) is 49.1 Å². The van der Waals surface area contributed by atoms with Crippen molar-refractivity contribution in [3.63, 3.8) is 0 Å². The second kappa shape index (κ2) is 9.20. The molecule has 0 aromatic heterocycles. The Morgan fingerprint density at radius 3 is 2.10 bits per heavy atom. The van der Waals surface area contributed by atoms with E-state index in [0.717, 1.165) is 18.9 Å². The molecule has 1 aliphatic rings. The lowest BCUT2D eigenvalue weighted by Crippen LogP contribution is -2.32. The number of alkyl halides is 2. The van der Waals surface area contributed by atoms with Crippen LogP contribution in [-0.4, -0.2) is 12.7 Å². The number of rotatable bonds is 7. The molecule has 0 atom stereocenters. The van der Waals surface area contributed by atoms with Gasteiger partial charge in [-0.1, -0.05) is 12.1 Å². The van der Waals surface area contributed by atoms with Gasteiger partial charge in [0.15, 0.2) is 35.6 Å². The summed E-state index contributed by atoms with van der Waals surface area (Å²) in [6.07, 6.45) is 0.541. The molecule has 9 heteroatoms. The van der Waals surface area contributed by atoms with Crippen LogP contribution in [0.4, 0.5) is 30.7 Å². The molecule has 2 nitrogen and oxygen atoms in total. The third kappa shape index (κ3) is 5.32. The van der Waals surface area contributed by atoms with Crippen LogP contribution in [0.5, 0.6) is 11.5 Å². The fourth-order valence-electron chi connectivity index (χ4n) is 3.59. The smallest absolute Gasteiger partial charge is 0.433 e. The Balaban J connectivity index is 1.67. The monoisotopic (exact) mass is 448 g/mol. The molecule has 0 radical (unpaired) electrons. The minimum absolute atomic E-state index is 0.146. The number of benzene rings is 2. The number of hydrogen-bond donors (Lipinski definition) is 0. The Hall–Kier alpha value is -2.71. The summed E-state index contributed by atoms with van der Waals surface area (Å²) in [7, 11) is 0. The largest absolute Gasteiger partial charge is 0.480 e. The second-order valence-corrected chi connectivity index (χ2v) is 7.36. The lowest BCUT2D eigenvalue weighted by Gasteiger charge is -2.27. The van der Waals surface area contributed by atoms with E-state index >= 15 is 0 Å². The van der Waals surface area contributed by atoms with Crippen LogP contribution in [-0.2, 0) is 0 Å². The molecule has 168 valence electrons. The van der Waals surface area contributed by atoms with Crippen molar-refractivity contribution in [3.8, 4) is 11.5 Å². The highest BCUT2D eigenvalue weighted by molar-refractivity contribution is 5.33. The van der Waals surface area contributed by atoms with Crippen LogP contribution in [0.1, 0.15) is 37.2 Å². The van der Waals surface area contributed by atoms with E-state index < -0.39 is 53.3 Å². The van der Waals surface area contributed by atoms with E-state index in [1.54, 1.807) is 0 Å². The highest BCUT2D eigenvalue weighted by Crippen LogP contribution is 2.39. The molecule has 0 heterocycles. The van der Waals surface area contributed by atoms with Crippen LogP contribution >= 0.6 is 0 Å². The third-order valence-electron chi connectivity index (χ3n) is 5.24. The van der Waals surface area contributed by atoms with Crippen molar-refractivity contribution in [2.75, 3.05) is 6.61 Å². The second-order valence-electron chi connectivity index (χ2n) is 7.36. The van der Waals surface area contributed by atoms with Crippen LogP contribution in [0, 0.1) is 35.0 Å². The average molecular weight is 448 g/mol. The van der Waals surface area contributed by atoms with Crippen LogP contribution in [0.2, 0.25) is 0 Å². The lowest BCUT2D eigenvalue weighted by molar-refractivity contribution is -0.196. The van der Waals surface area contributed by atoms with Crippen molar-refractivity contribution in [3.05, 3.63) is 71.6 Å². The molecular weight excluding hydrogens is 429 g/mol. The van der Waals surface area contributed by atoms with E-state index in [4.69, 9.17) is 0 Å². The molecule has 0 aliphatic heterocycles. The molecule has 0 saturated heterocycles. The number of hydrogen-bond acceptors (Lipinski definition) is 2. The molecule has 2 aromatic rings. The van der Waals surface area contributed by atoms with E-state index in [1.807, 2.05) is 6.08 Å². The maximum absolute atomic E-state index is 14.5. The first-order valence-electron chi connectivity index (χ1n) is 9.56. The standard InChI is InChI=1S/C22H19F7O2/c1-2-12-3-5-13(6-4-12)15-7-8-18(21(27)19(15)25)30-11-22(28,29)31-14-9-16(23)20(26)17(24)10-14/h2,7-10,12-13H,1,3-6,11H2. The van der Waals surface area contributed by atoms with E-state index in [2.05, 4.69) is 16.1 Å². The number of allylic oxidation sites excluding steroid dienone is 1. The highest BCUT2D eigenvalue weighted by atomic mass is 19.3. The zero-order valence-corrected chi connectivity index (χ0v) is 16.2. The molecule has 0 unspecified atom stereocenters. The molecule has 3 rings (SSSR count). The van der Waals surface area contributed by atoms with E-state index in [0.29, 0.717) is 18.8 Å². The molecule has 1 aliphatic carbocycles. The number of ether oxygens (including phenoxy) is 2. The van der Waals surface area contributed by atoms with Crippen molar-refractivity contribution < 1.29 is 40.2 Å². The first-order valence-corrected chi connectivity index (χ1v) is 9.56. The van der Waals surface area contributed by atoms with Crippen LogP contribution in [0.25, 0.3) is 0 Å². The predicted octanol–water partition coefficient (Wildman–Crippen LogP) is 6.89. The molecule has 0 N–H and O–H groups in total. The summed E-state index contributed by atoms with van der Waals surface area (Å²) < 4.78 is 105. The minimum Gasteiger partial charge on any atom is -0.480 e. The van der Waals surface area contributed by atoms with Gasteiger partial charge in [0.05, 0.1) is 0 Å². The van der Waals surface area contributed by atoms with Gasteiger partial charge in [0, 0.05) is 12.1 Å². The molecule has 31 heavy (non-hydrogen) atoms. The van der Waals surface area contributed by atoms with Gasteiger partial charge in [0.2, 0.25) is 5.82 Å². The van der Waals surface area contributed by atoms with Crippen molar-refractivity contribution >= 4 is 0 Å². The summed E-state index contributed by atoms with van der Waals surface area (Å²) in [6, 6.07) is 2.78. The normalized spacial score (nSPS) is 19.2. The van der Waals surface area contributed by atoms with Gasteiger partial charge in [0.1, 0.15) is 5.75 Å². The van der Waals surface area contributed by atoms with Crippen LogP contribution < -0.4 is 9.47 Å². The van der Waals surface area contributed by atoms with Gasteiger partial charge in [-0.3, -0.25) is 0 Å². The van der Waals surface area contributed by atoms with Gasteiger partial charge in [-0.15, -0.1) is 6.58 Å². The van der Waals surface area contributed by atoms with Gasteiger partial charge in [-0.25, -0.2) is 17.6 Å². The Kier molecular flexibility index (Phi) is 6.81. The van der Waals surface area contributed by atoms with Crippen molar-refractivity contribution in [1.29, 1.82) is 0 Å². The SMILES string of the molecule is C=CC1CCC(c2ccc(OCC(F)(F)Oc3cc(F)c(F)c(F)c3)c(F)c2F)CC1. The molecule has 0 bridgehead atoms. The van der Waals surface area contributed by atoms with Crippen molar-refractivity contribution in [2.45, 2.75) is 37.7 Å². The van der Waals surface area contributed by atoms with E-state index in [9.17, 15) is 30.7 Å². The maximum Gasteiger partial charge on any atom is 0.433 e. The third-order valence-corrected chi connectivity index (χ3v) is 5.24. The molecule has 1 fully saturated rings. The summed E-state index contributed by atoms with van der Waals surface area (Å²) in [6.45, 7) is 2.15. The first-order chi connectivity index (χ1) is 14.6. The van der Waals surface area contributed by atoms with Gasteiger partial charge >= 0.3 is 6.11 Å². The van der Waals surface area contributed by atoms with Crippen LogP contribution in [0.3, 0.4) is 0 Å². The number of halogens is 7. The average Bonchev–Trinajstić information content (AvgIpc) is 2.73. The lowest BCUT2D eigenvalue weighted by atomic mass is 9.78. The molecular formula is C22H19F7O2. The Morgan fingerprint density at radius 2 is 1.52 bits per heavy atom. The maximum atomic E-state index is 14.5. The van der Waals surface area contributed by atoms with Gasteiger partial charge < -0.3 is 9.47 Å². The van der Waals surface area contributed by atoms with Crippen molar-refractivity contribution in [1.82, 2.24) is 0 Å². The fourth-order valence-corrected chi connectivity index (χ4v) is 3.59. The van der Waals surface area contributed by atoms with Crippen LogP contribution in [0.15, 0.2) is 36.9 Å². The van der Waals surface area contributed by atoms with E-state index in [-0.39, 0.29) is 23.6 Å². The molecule has 0 spiro atoms. The van der Waals surface area contributed by atoms with Gasteiger partial charge in [-0.2, -0.15) is 13.2 Å². The summed E-state index contributed by atoms with van der Waals surface area (Å²) in [5.41, 5.74) is 0.146. The minimum atomic E-state index is -4.17. The zero-order valence-electron chi connectivity index (χ0n) is 16.2. The Morgan fingerprint density at radius 1 is 0.903 bits per heavy atom. The highest BCUT2D eigenvalue weighted by Gasteiger charge is 2.35. The fraction of sp³-hybridized carbons (Fsp3) is 0.364. The Bertz CT molecular complexity index is 930. The summed E-state index contributed by atoms with van der Waals surface area (Å²) in [4.78, 5) is 0. The first kappa shape index (κ1) is 23.0. The summed E-state index contributed by atoms with van der Waals surface area (Å²) in [5.74, 6) is -9.52. The molecule has 0 amide bonds. The summed E-state index contributed by atoms with van der Waals surface area (Å²) in [5, 5.41) is 0. The zero-order chi connectivity index (χ0) is 22.8.